The molecular formula is C31H40N2O5. The SMILES string of the molecule is CC(=O)[C@H]1CC[C@H]2[C@@H]3CCC4=C/C(=N/OCC(=O)NCc5ccc(C(=O)O)cc5)CC[C@]4(C)[C@H]3CC[C@]12C. The predicted octanol–water partition coefficient (Wildman–Crippen LogP) is 5.54. The smallest absolute Gasteiger partial charge is 0.335 e. The molecule has 6 atom stereocenters. The summed E-state index contributed by atoms with van der Waals surface area (Å²) >= 11 is 0. The normalized spacial score (nSPS) is 34.9. The van der Waals surface area contributed by atoms with Gasteiger partial charge in [0.1, 0.15) is 5.78 Å². The summed E-state index contributed by atoms with van der Waals surface area (Å²) in [5, 5.41) is 16.1. The number of benzene rings is 1. The molecule has 3 saturated carbocycles. The molecule has 0 spiro atoms. The molecule has 7 heteroatoms. The Morgan fingerprint density at radius 3 is 2.50 bits per heavy atom. The number of ketones is 1. The minimum Gasteiger partial charge on any atom is -0.478 e. The van der Waals surface area contributed by atoms with Gasteiger partial charge in [-0.05, 0) is 111 Å². The molecule has 2 N–H and O–H groups in total. The van der Waals surface area contributed by atoms with Crippen LogP contribution in [0.25, 0.3) is 0 Å². The zero-order chi connectivity index (χ0) is 27.1. The van der Waals surface area contributed by atoms with Crippen LogP contribution >= 0.6 is 0 Å². The molecule has 4 aliphatic rings. The molecule has 0 unspecified atom stereocenters. The Kier molecular flexibility index (Phi) is 7.23. The Morgan fingerprint density at radius 1 is 1.03 bits per heavy atom. The predicted molar refractivity (Wildman–Crippen MR) is 145 cm³/mol. The molecule has 0 saturated heterocycles. The lowest BCUT2D eigenvalue weighted by molar-refractivity contribution is -0.128. The summed E-state index contributed by atoms with van der Waals surface area (Å²) in [5.41, 5.74) is 3.79. The van der Waals surface area contributed by atoms with Gasteiger partial charge in [0.2, 0.25) is 0 Å². The van der Waals surface area contributed by atoms with E-state index in [0.29, 0.717) is 30.1 Å². The molecular weight excluding hydrogens is 480 g/mol. The van der Waals surface area contributed by atoms with Crippen molar-refractivity contribution in [2.45, 2.75) is 78.7 Å². The number of nitrogens with one attached hydrogen (secondary N) is 1. The Hall–Kier alpha value is -2.96. The van der Waals surface area contributed by atoms with Crippen LogP contribution in [-0.4, -0.2) is 35.1 Å². The van der Waals surface area contributed by atoms with Crippen molar-refractivity contribution in [3.8, 4) is 0 Å². The number of carbonyl (C=O) groups excluding carboxylic acids is 2. The second-order valence-corrected chi connectivity index (χ2v) is 12.4. The number of Topliss-reactive ketones (excluding diaryl/α,β-unsaturated/α-hetero) is 1. The van der Waals surface area contributed by atoms with Gasteiger partial charge in [-0.3, -0.25) is 9.59 Å². The summed E-state index contributed by atoms with van der Waals surface area (Å²) in [5.74, 6) is 1.44. The topological polar surface area (TPSA) is 105 Å². The number of fused-ring (bicyclic) bond motifs is 5. The van der Waals surface area contributed by atoms with Crippen LogP contribution in [0, 0.1) is 34.5 Å². The number of carboxylic acids is 1. The molecule has 1 aromatic carbocycles. The molecule has 0 radical (unpaired) electrons. The fraction of sp³-hybridized carbons (Fsp3) is 0.613. The molecule has 38 heavy (non-hydrogen) atoms. The van der Waals surface area contributed by atoms with Gasteiger partial charge in [-0.1, -0.05) is 36.7 Å². The van der Waals surface area contributed by atoms with Crippen molar-refractivity contribution < 1.29 is 24.3 Å². The maximum Gasteiger partial charge on any atom is 0.335 e. The summed E-state index contributed by atoms with van der Waals surface area (Å²) in [6.07, 6.45) is 11.0. The maximum atomic E-state index is 12.4. The van der Waals surface area contributed by atoms with E-state index >= 15 is 0 Å². The van der Waals surface area contributed by atoms with E-state index in [4.69, 9.17) is 9.94 Å². The molecule has 4 aliphatic carbocycles. The molecule has 3 fully saturated rings. The summed E-state index contributed by atoms with van der Waals surface area (Å²) in [6.45, 7) is 6.79. The molecule has 204 valence electrons. The van der Waals surface area contributed by atoms with Gasteiger partial charge in [-0.2, -0.15) is 0 Å². The average molecular weight is 521 g/mol. The van der Waals surface area contributed by atoms with Crippen molar-refractivity contribution in [1.82, 2.24) is 5.32 Å². The van der Waals surface area contributed by atoms with Gasteiger partial charge in [0.25, 0.3) is 5.91 Å². The zero-order valence-electron chi connectivity index (χ0n) is 22.8. The fourth-order valence-corrected chi connectivity index (χ4v) is 8.50. The summed E-state index contributed by atoms with van der Waals surface area (Å²) in [4.78, 5) is 41.0. The second-order valence-electron chi connectivity index (χ2n) is 12.4. The molecule has 0 heterocycles. The summed E-state index contributed by atoms with van der Waals surface area (Å²) in [7, 11) is 0. The van der Waals surface area contributed by atoms with Crippen LogP contribution in [0.15, 0.2) is 41.1 Å². The van der Waals surface area contributed by atoms with Gasteiger partial charge in [-0.25, -0.2) is 4.79 Å². The van der Waals surface area contributed by atoms with Crippen LogP contribution in [0.5, 0.6) is 0 Å². The number of carboxylic acid groups (broad SMARTS) is 1. The Balaban J connectivity index is 1.16. The standard InChI is InChI=1S/C31H40N2O5/c1-19(34)25-10-11-26-24-9-8-22-16-23(12-14-30(22,2)27(24)13-15-31(25,26)3)33-38-18-28(35)32-17-20-4-6-21(7-5-20)29(36)37/h4-7,16,24-27H,8-15,17-18H2,1-3H3,(H,32,35)(H,36,37)/b33-23+/t24-,25+,26-,27-,30-,31+/m0/s1. The minimum absolute atomic E-state index is 0.153. The first-order chi connectivity index (χ1) is 18.1. The van der Waals surface area contributed by atoms with Crippen molar-refractivity contribution in [3.05, 3.63) is 47.0 Å². The van der Waals surface area contributed by atoms with E-state index < -0.39 is 5.97 Å². The first kappa shape index (κ1) is 26.6. The van der Waals surface area contributed by atoms with Crippen molar-refractivity contribution >= 4 is 23.4 Å². The van der Waals surface area contributed by atoms with Gasteiger partial charge in [0.15, 0.2) is 6.61 Å². The molecule has 0 aliphatic heterocycles. The van der Waals surface area contributed by atoms with Gasteiger partial charge >= 0.3 is 5.97 Å². The van der Waals surface area contributed by atoms with Gasteiger partial charge in [0.05, 0.1) is 11.3 Å². The van der Waals surface area contributed by atoms with Crippen molar-refractivity contribution in [3.63, 3.8) is 0 Å². The highest BCUT2D eigenvalue weighted by Gasteiger charge is 2.59. The van der Waals surface area contributed by atoms with Crippen LogP contribution in [0.2, 0.25) is 0 Å². The number of amides is 1. The van der Waals surface area contributed by atoms with Gasteiger partial charge in [0, 0.05) is 12.5 Å². The highest BCUT2D eigenvalue weighted by molar-refractivity contribution is 5.96. The van der Waals surface area contributed by atoms with Crippen LogP contribution < -0.4 is 5.32 Å². The van der Waals surface area contributed by atoms with Crippen molar-refractivity contribution in [1.29, 1.82) is 0 Å². The number of rotatable bonds is 7. The number of hydrogen-bond acceptors (Lipinski definition) is 5. The Labute approximate surface area is 225 Å². The van der Waals surface area contributed by atoms with E-state index in [1.165, 1.54) is 37.0 Å². The number of carbonyl (C=O) groups is 3. The van der Waals surface area contributed by atoms with Gasteiger partial charge in [-0.15, -0.1) is 0 Å². The van der Waals surface area contributed by atoms with E-state index in [2.05, 4.69) is 30.4 Å². The first-order valence-electron chi connectivity index (χ1n) is 14.1. The molecule has 0 bridgehead atoms. The lowest BCUT2D eigenvalue weighted by Crippen LogP contribution is -2.51. The fourth-order valence-electron chi connectivity index (χ4n) is 8.50. The van der Waals surface area contributed by atoms with Crippen LogP contribution in [-0.2, 0) is 21.0 Å². The largest absolute Gasteiger partial charge is 0.478 e. The minimum atomic E-state index is -0.975. The maximum absolute atomic E-state index is 12.4. The zero-order valence-corrected chi connectivity index (χ0v) is 22.8. The number of nitrogens with zero attached hydrogens (tertiary/aromatic N) is 1. The van der Waals surface area contributed by atoms with E-state index in [1.807, 2.05) is 0 Å². The van der Waals surface area contributed by atoms with Crippen molar-refractivity contribution in [2.24, 2.45) is 39.7 Å². The molecule has 7 nitrogen and oxygen atoms in total. The molecule has 1 amide bonds. The second kappa shape index (κ2) is 10.3. The van der Waals surface area contributed by atoms with Gasteiger partial charge < -0.3 is 15.3 Å². The third-order valence-corrected chi connectivity index (χ3v) is 10.5. The first-order valence-corrected chi connectivity index (χ1v) is 14.1. The monoisotopic (exact) mass is 520 g/mol. The van der Waals surface area contributed by atoms with E-state index in [-0.39, 0.29) is 34.8 Å². The molecule has 0 aromatic heterocycles. The van der Waals surface area contributed by atoms with Crippen molar-refractivity contribution in [2.75, 3.05) is 6.61 Å². The van der Waals surface area contributed by atoms with E-state index in [0.717, 1.165) is 43.4 Å². The van der Waals surface area contributed by atoms with Crippen LogP contribution in [0.4, 0.5) is 0 Å². The summed E-state index contributed by atoms with van der Waals surface area (Å²) < 4.78 is 0. The summed E-state index contributed by atoms with van der Waals surface area (Å²) in [6, 6.07) is 6.41. The lowest BCUT2D eigenvalue weighted by atomic mass is 9.46. The Morgan fingerprint density at radius 2 is 1.79 bits per heavy atom. The van der Waals surface area contributed by atoms with Crippen LogP contribution in [0.3, 0.4) is 0 Å². The lowest BCUT2D eigenvalue weighted by Gasteiger charge is -2.58. The molecule has 5 rings (SSSR count). The number of allylic oxidation sites excluding steroid dienone is 2. The Bertz CT molecular complexity index is 1170. The number of hydrogen-bond donors (Lipinski definition) is 2. The highest BCUT2D eigenvalue weighted by Crippen LogP contribution is 2.66. The third-order valence-electron chi connectivity index (χ3n) is 10.5. The number of aromatic carboxylic acids is 1. The average Bonchev–Trinajstić information content (AvgIpc) is 3.25. The van der Waals surface area contributed by atoms with E-state index in [1.54, 1.807) is 19.1 Å². The van der Waals surface area contributed by atoms with E-state index in [9.17, 15) is 14.4 Å². The molecule has 1 aromatic rings. The number of oxime groups is 1. The van der Waals surface area contributed by atoms with Crippen LogP contribution in [0.1, 0.15) is 88.1 Å². The quantitative estimate of drug-likeness (QED) is 0.459. The highest BCUT2D eigenvalue weighted by atomic mass is 16.6. The third kappa shape index (κ3) is 4.80.